The maximum Gasteiger partial charge on any atom is 0.419 e. The van der Waals surface area contributed by atoms with Crippen LogP contribution >= 0.6 is 11.6 Å². The molecule has 0 aliphatic carbocycles. The number of benzene rings is 1. The molecule has 0 radical (unpaired) electrons. The number of aromatic nitrogens is 3. The van der Waals surface area contributed by atoms with Crippen molar-refractivity contribution in [3.63, 3.8) is 0 Å². The van der Waals surface area contributed by atoms with Crippen molar-refractivity contribution < 1.29 is 19.1 Å². The van der Waals surface area contributed by atoms with Crippen LogP contribution < -0.4 is 4.90 Å². The number of hydrogen-bond donors (Lipinski definition) is 0. The van der Waals surface area contributed by atoms with Crippen LogP contribution in [0.25, 0.3) is 15.9 Å². The van der Waals surface area contributed by atoms with Gasteiger partial charge in [0.2, 0.25) is 11.8 Å². The van der Waals surface area contributed by atoms with Gasteiger partial charge in [-0.25, -0.2) is 25.7 Å². The van der Waals surface area contributed by atoms with E-state index in [2.05, 4.69) is 14.8 Å². The van der Waals surface area contributed by atoms with Crippen LogP contribution in [0.4, 0.5) is 15.4 Å². The molecule has 3 heterocycles. The zero-order valence-electron chi connectivity index (χ0n) is 20.3. The van der Waals surface area contributed by atoms with E-state index < -0.39 is 23.8 Å². The van der Waals surface area contributed by atoms with Gasteiger partial charge in [0.05, 0.1) is 5.52 Å². The van der Waals surface area contributed by atoms with Crippen molar-refractivity contribution in [2.75, 3.05) is 31.1 Å². The molecule has 36 heavy (non-hydrogen) atoms. The van der Waals surface area contributed by atoms with Crippen LogP contribution in [0.15, 0.2) is 42.6 Å². The standard InChI is InChI=1S/C25H27ClN6O4/c1-25(2,3)36-24(34)32-11-10-19-20(32)21(29-22(26)28-19)30-12-13-31(18(15-30)14-27-4)23(33)35-16-17-8-6-5-7-9-17/h5-11,18H,12-16H2,1-3H3/t18-/m0/s1. The van der Waals surface area contributed by atoms with Gasteiger partial charge >= 0.3 is 12.2 Å². The smallest absolute Gasteiger partial charge is 0.419 e. The Kier molecular flexibility index (Phi) is 7.31. The highest BCUT2D eigenvalue weighted by atomic mass is 35.5. The van der Waals surface area contributed by atoms with E-state index in [0.717, 1.165) is 5.56 Å². The van der Waals surface area contributed by atoms with Gasteiger partial charge in [0.15, 0.2) is 5.82 Å². The molecule has 1 atom stereocenters. The Morgan fingerprint density at radius 3 is 2.58 bits per heavy atom. The number of ether oxygens (including phenoxy) is 2. The fraction of sp³-hybridized carbons (Fsp3) is 0.400. The minimum Gasteiger partial charge on any atom is -0.445 e. The van der Waals surface area contributed by atoms with Crippen LogP contribution in [0.1, 0.15) is 26.3 Å². The summed E-state index contributed by atoms with van der Waals surface area (Å²) in [6.07, 6.45) is 0.529. The largest absolute Gasteiger partial charge is 0.445 e. The molecule has 1 fully saturated rings. The van der Waals surface area contributed by atoms with Crippen molar-refractivity contribution >= 4 is 40.6 Å². The summed E-state index contributed by atoms with van der Waals surface area (Å²) in [6.45, 7) is 14.0. The minimum atomic E-state index is -0.687. The number of fused-ring (bicyclic) bond motifs is 1. The SMILES string of the molecule is [C-]#[N+]C[C@H]1CN(c2nc(Cl)nc3ccn(C(=O)OC(C)(C)C)c23)CCN1C(=O)OCc1ccccc1. The predicted octanol–water partition coefficient (Wildman–Crippen LogP) is 4.61. The van der Waals surface area contributed by atoms with Crippen molar-refractivity contribution in [2.24, 2.45) is 0 Å². The number of carbonyl (C=O) groups excluding carboxylic acids is 2. The summed E-state index contributed by atoms with van der Waals surface area (Å²) in [4.78, 5) is 41.4. The molecule has 0 unspecified atom stereocenters. The van der Waals surface area contributed by atoms with Crippen molar-refractivity contribution in [3.8, 4) is 0 Å². The topological polar surface area (TPSA) is 94.1 Å². The highest BCUT2D eigenvalue weighted by Crippen LogP contribution is 2.29. The molecule has 188 valence electrons. The lowest BCUT2D eigenvalue weighted by molar-refractivity contribution is 0.0544. The highest BCUT2D eigenvalue weighted by molar-refractivity contribution is 6.28. The second kappa shape index (κ2) is 10.4. The van der Waals surface area contributed by atoms with Gasteiger partial charge in [-0.2, -0.15) is 4.98 Å². The molecule has 11 heteroatoms. The summed E-state index contributed by atoms with van der Waals surface area (Å²) >= 11 is 6.21. The molecule has 1 saturated heterocycles. The first-order valence-corrected chi connectivity index (χ1v) is 11.9. The Bertz CT molecular complexity index is 1300. The maximum atomic E-state index is 12.9. The van der Waals surface area contributed by atoms with Gasteiger partial charge in [0, 0.05) is 25.8 Å². The van der Waals surface area contributed by atoms with E-state index in [1.807, 2.05) is 35.2 Å². The minimum absolute atomic E-state index is 0.0332. The van der Waals surface area contributed by atoms with E-state index >= 15 is 0 Å². The van der Waals surface area contributed by atoms with Gasteiger partial charge < -0.3 is 19.2 Å². The Hall–Kier alpha value is -3.84. The van der Waals surface area contributed by atoms with Gasteiger partial charge in [0.25, 0.3) is 0 Å². The van der Waals surface area contributed by atoms with Crippen LogP contribution in [0.5, 0.6) is 0 Å². The summed E-state index contributed by atoms with van der Waals surface area (Å²) in [5, 5.41) is 0.0332. The molecule has 10 nitrogen and oxygen atoms in total. The molecule has 3 aromatic rings. The first kappa shape index (κ1) is 25.3. The van der Waals surface area contributed by atoms with Crippen molar-refractivity contribution in [3.05, 3.63) is 64.9 Å². The quantitative estimate of drug-likeness (QED) is 0.373. The first-order valence-electron chi connectivity index (χ1n) is 11.5. The Morgan fingerprint density at radius 1 is 1.14 bits per heavy atom. The molecule has 0 spiro atoms. The molecule has 0 N–H and O–H groups in total. The number of hydrogen-bond acceptors (Lipinski definition) is 7. The number of halogens is 1. The summed E-state index contributed by atoms with van der Waals surface area (Å²) in [6, 6.07) is 10.6. The van der Waals surface area contributed by atoms with Gasteiger partial charge in [0.1, 0.15) is 23.8 Å². The number of nitrogens with zero attached hydrogens (tertiary/aromatic N) is 6. The third-order valence-electron chi connectivity index (χ3n) is 5.60. The van der Waals surface area contributed by atoms with E-state index in [0.29, 0.717) is 36.5 Å². The average molecular weight is 511 g/mol. The van der Waals surface area contributed by atoms with E-state index in [1.54, 1.807) is 37.9 Å². The summed E-state index contributed by atoms with van der Waals surface area (Å²) in [5.74, 6) is 0.438. The lowest BCUT2D eigenvalue weighted by Crippen LogP contribution is -2.56. The van der Waals surface area contributed by atoms with E-state index in [1.165, 1.54) is 4.57 Å². The Morgan fingerprint density at radius 2 is 1.89 bits per heavy atom. The van der Waals surface area contributed by atoms with Crippen LogP contribution in [0.2, 0.25) is 5.28 Å². The molecule has 1 aliphatic rings. The molecule has 4 rings (SSSR count). The summed E-state index contributed by atoms with van der Waals surface area (Å²) < 4.78 is 12.4. The number of anilines is 1. The van der Waals surface area contributed by atoms with E-state index in [9.17, 15) is 9.59 Å². The zero-order chi connectivity index (χ0) is 25.9. The highest BCUT2D eigenvalue weighted by Gasteiger charge is 2.35. The van der Waals surface area contributed by atoms with Gasteiger partial charge in [-0.3, -0.25) is 4.90 Å². The molecular formula is C25H27ClN6O4. The monoisotopic (exact) mass is 510 g/mol. The number of piperazine rings is 1. The molecule has 0 bridgehead atoms. The normalized spacial score (nSPS) is 16.0. The molecule has 1 aliphatic heterocycles. The lowest BCUT2D eigenvalue weighted by Gasteiger charge is -2.39. The number of carbonyl (C=O) groups is 2. The van der Waals surface area contributed by atoms with E-state index in [4.69, 9.17) is 27.6 Å². The fourth-order valence-electron chi connectivity index (χ4n) is 4.03. The molecule has 1 amide bonds. The average Bonchev–Trinajstić information content (AvgIpc) is 3.26. The first-order chi connectivity index (χ1) is 17.2. The van der Waals surface area contributed by atoms with Crippen molar-refractivity contribution in [2.45, 2.75) is 39.0 Å². The van der Waals surface area contributed by atoms with Crippen molar-refractivity contribution in [1.82, 2.24) is 19.4 Å². The maximum absolute atomic E-state index is 12.9. The third kappa shape index (κ3) is 5.69. The van der Waals surface area contributed by atoms with Crippen LogP contribution in [0, 0.1) is 6.57 Å². The van der Waals surface area contributed by atoms with Crippen LogP contribution in [-0.4, -0.2) is 69.4 Å². The molecule has 1 aromatic carbocycles. The lowest BCUT2D eigenvalue weighted by atomic mass is 10.1. The van der Waals surface area contributed by atoms with Gasteiger partial charge in [-0.15, -0.1) is 0 Å². The van der Waals surface area contributed by atoms with Crippen LogP contribution in [-0.2, 0) is 16.1 Å². The van der Waals surface area contributed by atoms with Crippen molar-refractivity contribution in [1.29, 1.82) is 0 Å². The molecule has 0 saturated carbocycles. The molecule has 2 aromatic heterocycles. The summed E-state index contributed by atoms with van der Waals surface area (Å²) in [7, 11) is 0. The predicted molar refractivity (Wildman–Crippen MR) is 135 cm³/mol. The van der Waals surface area contributed by atoms with Gasteiger partial charge in [-0.1, -0.05) is 30.3 Å². The second-order valence-electron chi connectivity index (χ2n) is 9.39. The van der Waals surface area contributed by atoms with Crippen LogP contribution in [0.3, 0.4) is 0 Å². The van der Waals surface area contributed by atoms with E-state index in [-0.39, 0.29) is 18.4 Å². The second-order valence-corrected chi connectivity index (χ2v) is 9.73. The zero-order valence-corrected chi connectivity index (χ0v) is 21.1. The fourth-order valence-corrected chi connectivity index (χ4v) is 4.21. The summed E-state index contributed by atoms with van der Waals surface area (Å²) in [5.41, 5.74) is 1.14. The Balaban J connectivity index is 1.58. The third-order valence-corrected chi connectivity index (χ3v) is 5.77. The Labute approximate surface area is 214 Å². The number of rotatable bonds is 4. The number of amides is 1. The molecular weight excluding hydrogens is 484 g/mol. The van der Waals surface area contributed by atoms with Gasteiger partial charge in [-0.05, 0) is 44.0 Å².